The minimum Gasteiger partial charge on any atom is -0.493 e. The summed E-state index contributed by atoms with van der Waals surface area (Å²) < 4.78 is 37.1. The summed E-state index contributed by atoms with van der Waals surface area (Å²) in [5.41, 5.74) is 1.02. The van der Waals surface area contributed by atoms with Crippen molar-refractivity contribution >= 4 is 73.6 Å². The van der Waals surface area contributed by atoms with Crippen molar-refractivity contribution in [2.24, 2.45) is 0 Å². The number of carbonyl (C=O) groups excluding carboxylic acids is 2. The van der Waals surface area contributed by atoms with Crippen molar-refractivity contribution < 1.29 is 26.9 Å². The van der Waals surface area contributed by atoms with Crippen molar-refractivity contribution in [3.63, 3.8) is 0 Å². The second-order valence-electron chi connectivity index (χ2n) is 7.41. The number of nitrogens with one attached hydrogen (secondary N) is 2. The third kappa shape index (κ3) is 7.45. The number of anilines is 2. The van der Waals surface area contributed by atoms with Gasteiger partial charge in [0.05, 0.1) is 12.1 Å². The lowest BCUT2D eigenvalue weighted by Gasteiger charge is -2.14. The molecule has 3 rings (SSSR count). The first-order chi connectivity index (χ1) is 17.5. The number of rotatable bonds is 8. The van der Waals surface area contributed by atoms with Gasteiger partial charge in [0, 0.05) is 21.9 Å². The van der Waals surface area contributed by atoms with Crippen molar-refractivity contribution in [1.29, 1.82) is 5.26 Å². The van der Waals surface area contributed by atoms with E-state index in [0.29, 0.717) is 16.9 Å². The molecule has 0 heterocycles. The van der Waals surface area contributed by atoms with Crippen molar-refractivity contribution in [3.05, 3.63) is 80.4 Å². The zero-order chi connectivity index (χ0) is 27.2. The fourth-order valence-electron chi connectivity index (χ4n) is 3.02. The van der Waals surface area contributed by atoms with Gasteiger partial charge in [-0.1, -0.05) is 11.6 Å². The van der Waals surface area contributed by atoms with E-state index in [0.717, 1.165) is 3.57 Å². The molecule has 0 aliphatic carbocycles. The molecule has 9 nitrogen and oxygen atoms in total. The molecule has 0 bridgehead atoms. The van der Waals surface area contributed by atoms with Crippen LogP contribution >= 0.6 is 34.2 Å². The molecule has 0 aliphatic heterocycles. The Hall–Kier alpha value is -3.60. The number of ether oxygens (including phenoxy) is 1. The number of amides is 2. The van der Waals surface area contributed by atoms with E-state index in [1.807, 2.05) is 6.07 Å². The predicted octanol–water partition coefficient (Wildman–Crippen LogP) is 5.22. The molecule has 0 fully saturated rings. The molecule has 12 heteroatoms. The van der Waals surface area contributed by atoms with Gasteiger partial charge in [-0.3, -0.25) is 9.59 Å². The summed E-state index contributed by atoms with van der Waals surface area (Å²) in [6.45, 7) is 1.33. The van der Waals surface area contributed by atoms with Crippen LogP contribution in [0.5, 0.6) is 11.5 Å². The van der Waals surface area contributed by atoms with Gasteiger partial charge in [0.2, 0.25) is 11.7 Å². The average molecular weight is 652 g/mol. The van der Waals surface area contributed by atoms with E-state index in [4.69, 9.17) is 20.5 Å². The number of carbonyl (C=O) groups is 2. The van der Waals surface area contributed by atoms with E-state index in [1.165, 1.54) is 56.5 Å². The van der Waals surface area contributed by atoms with Crippen LogP contribution in [0.1, 0.15) is 12.5 Å². The zero-order valence-electron chi connectivity index (χ0n) is 19.4. The standard InChI is InChI=1S/C25H19ClIN3O6S/c1-15(31)29-19-7-9-21(10-8-19)37(33,34)36-24-22(26)12-16(13-23(24)35-2)11-17(14-28)25(32)30-20-5-3-18(27)4-6-20/h3-13H,1-2H3,(H,29,31)(H,30,32)/b17-11+. The van der Waals surface area contributed by atoms with Gasteiger partial charge in [-0.25, -0.2) is 0 Å². The Morgan fingerprint density at radius 1 is 1.03 bits per heavy atom. The van der Waals surface area contributed by atoms with Crippen LogP contribution < -0.4 is 19.6 Å². The van der Waals surface area contributed by atoms with Gasteiger partial charge >= 0.3 is 10.1 Å². The van der Waals surface area contributed by atoms with Gasteiger partial charge in [-0.05, 0) is 94.9 Å². The van der Waals surface area contributed by atoms with Gasteiger partial charge in [0.15, 0.2) is 5.75 Å². The maximum atomic E-state index is 12.8. The largest absolute Gasteiger partial charge is 0.493 e. The minimum atomic E-state index is -4.31. The second kappa shape index (κ2) is 12.1. The van der Waals surface area contributed by atoms with Crippen molar-refractivity contribution in [1.82, 2.24) is 0 Å². The van der Waals surface area contributed by atoms with Crippen LogP contribution in [0.15, 0.2) is 71.1 Å². The highest BCUT2D eigenvalue weighted by atomic mass is 127. The first-order valence-electron chi connectivity index (χ1n) is 10.4. The lowest BCUT2D eigenvalue weighted by molar-refractivity contribution is -0.114. The van der Waals surface area contributed by atoms with Gasteiger partial charge in [-0.15, -0.1) is 0 Å². The Kier molecular flexibility index (Phi) is 9.14. The molecule has 0 saturated carbocycles. The molecule has 37 heavy (non-hydrogen) atoms. The summed E-state index contributed by atoms with van der Waals surface area (Å²) in [4.78, 5) is 23.6. The number of benzene rings is 3. The number of methoxy groups -OCH3 is 1. The van der Waals surface area contributed by atoms with Gasteiger partial charge < -0.3 is 19.6 Å². The molecule has 190 valence electrons. The summed E-state index contributed by atoms with van der Waals surface area (Å²) in [7, 11) is -3.03. The van der Waals surface area contributed by atoms with E-state index in [-0.39, 0.29) is 32.9 Å². The Bertz CT molecular complexity index is 1520. The van der Waals surface area contributed by atoms with Crippen LogP contribution in [0.4, 0.5) is 11.4 Å². The molecule has 0 atom stereocenters. The van der Waals surface area contributed by atoms with Crippen LogP contribution in [0, 0.1) is 14.9 Å². The molecular weight excluding hydrogens is 633 g/mol. The normalized spacial score (nSPS) is 11.3. The monoisotopic (exact) mass is 651 g/mol. The third-order valence-electron chi connectivity index (χ3n) is 4.69. The smallest absolute Gasteiger partial charge is 0.339 e. The van der Waals surface area contributed by atoms with Gasteiger partial charge in [-0.2, -0.15) is 13.7 Å². The molecule has 2 N–H and O–H groups in total. The molecule has 0 aromatic heterocycles. The summed E-state index contributed by atoms with van der Waals surface area (Å²) in [6, 6.07) is 16.9. The zero-order valence-corrected chi connectivity index (χ0v) is 23.1. The number of halogens is 2. The summed E-state index contributed by atoms with van der Waals surface area (Å²) in [5.74, 6) is -1.24. The van der Waals surface area contributed by atoms with Gasteiger partial charge in [0.1, 0.15) is 16.5 Å². The fourth-order valence-corrected chi connectivity index (χ4v) is 4.64. The maximum absolute atomic E-state index is 12.8. The second-order valence-corrected chi connectivity index (χ2v) is 10.6. The highest BCUT2D eigenvalue weighted by Crippen LogP contribution is 2.39. The Balaban J connectivity index is 1.87. The molecule has 0 saturated heterocycles. The maximum Gasteiger partial charge on any atom is 0.339 e. The van der Waals surface area contributed by atoms with E-state index >= 15 is 0 Å². The fraction of sp³-hybridized carbons (Fsp3) is 0.0800. The van der Waals surface area contributed by atoms with Crippen LogP contribution in [-0.2, 0) is 19.7 Å². The Morgan fingerprint density at radius 2 is 1.62 bits per heavy atom. The number of nitrogens with zero attached hydrogens (tertiary/aromatic N) is 1. The van der Waals surface area contributed by atoms with Crippen molar-refractivity contribution in [3.8, 4) is 17.6 Å². The molecule has 0 aliphatic rings. The molecule has 3 aromatic rings. The van der Waals surface area contributed by atoms with Crippen LogP contribution in [0.2, 0.25) is 5.02 Å². The summed E-state index contributed by atoms with van der Waals surface area (Å²) in [5, 5.41) is 14.6. The number of hydrogen-bond acceptors (Lipinski definition) is 7. The van der Waals surface area contributed by atoms with Crippen LogP contribution in [0.3, 0.4) is 0 Å². The van der Waals surface area contributed by atoms with E-state index in [2.05, 4.69) is 33.2 Å². The van der Waals surface area contributed by atoms with E-state index in [1.54, 1.807) is 24.3 Å². The van der Waals surface area contributed by atoms with E-state index < -0.39 is 16.0 Å². The lowest BCUT2D eigenvalue weighted by atomic mass is 10.1. The molecule has 2 amide bonds. The molecular formula is C25H19ClIN3O6S. The van der Waals surface area contributed by atoms with Gasteiger partial charge in [0.25, 0.3) is 5.91 Å². The molecule has 0 spiro atoms. The first kappa shape index (κ1) is 28.0. The lowest BCUT2D eigenvalue weighted by Crippen LogP contribution is -2.13. The van der Waals surface area contributed by atoms with Crippen molar-refractivity contribution in [2.75, 3.05) is 17.7 Å². The number of hydrogen-bond donors (Lipinski definition) is 2. The summed E-state index contributed by atoms with van der Waals surface area (Å²) in [6.07, 6.45) is 1.29. The topological polar surface area (TPSA) is 135 Å². The molecule has 3 aromatic carbocycles. The molecule has 0 unspecified atom stereocenters. The van der Waals surface area contributed by atoms with Crippen molar-refractivity contribution in [2.45, 2.75) is 11.8 Å². The van der Waals surface area contributed by atoms with Crippen LogP contribution in [0.25, 0.3) is 6.08 Å². The molecule has 0 radical (unpaired) electrons. The summed E-state index contributed by atoms with van der Waals surface area (Å²) >= 11 is 8.44. The van der Waals surface area contributed by atoms with Crippen LogP contribution in [-0.4, -0.2) is 27.3 Å². The Labute approximate surface area is 232 Å². The highest BCUT2D eigenvalue weighted by Gasteiger charge is 2.22. The Morgan fingerprint density at radius 3 is 2.19 bits per heavy atom. The van der Waals surface area contributed by atoms with E-state index in [9.17, 15) is 23.3 Å². The third-order valence-corrected chi connectivity index (χ3v) is 6.92. The minimum absolute atomic E-state index is 0.0347. The predicted molar refractivity (Wildman–Crippen MR) is 148 cm³/mol. The SMILES string of the molecule is COc1cc(/C=C(\C#N)C(=O)Nc2ccc(I)cc2)cc(Cl)c1OS(=O)(=O)c1ccc(NC(C)=O)cc1. The quantitative estimate of drug-likeness (QED) is 0.148. The highest BCUT2D eigenvalue weighted by molar-refractivity contribution is 14.1. The first-order valence-corrected chi connectivity index (χ1v) is 13.3. The average Bonchev–Trinajstić information content (AvgIpc) is 2.85. The number of nitriles is 1.